The van der Waals surface area contributed by atoms with Crippen molar-refractivity contribution in [1.82, 2.24) is 0 Å². The van der Waals surface area contributed by atoms with Gasteiger partial charge in [0.25, 0.3) is 0 Å². The molecule has 0 fully saturated rings. The third-order valence-electron chi connectivity index (χ3n) is 3.69. The van der Waals surface area contributed by atoms with Crippen LogP contribution in [-0.4, -0.2) is 12.9 Å². The van der Waals surface area contributed by atoms with Gasteiger partial charge in [0, 0.05) is 20.5 Å². The molecule has 0 aliphatic carbocycles. The van der Waals surface area contributed by atoms with Crippen molar-refractivity contribution in [3.63, 3.8) is 0 Å². The molecule has 1 aromatic rings. The molecule has 1 aliphatic heterocycles. The Hall–Kier alpha value is -1.02. The van der Waals surface area contributed by atoms with Crippen LogP contribution in [0, 0.1) is 20.8 Å². The van der Waals surface area contributed by atoms with Gasteiger partial charge in [-0.2, -0.15) is 0 Å². The van der Waals surface area contributed by atoms with Crippen molar-refractivity contribution < 1.29 is 9.47 Å². The molecule has 0 bridgehead atoms. The molecule has 2 nitrogen and oxygen atoms in total. The molecule has 1 unspecified atom stereocenters. The predicted molar refractivity (Wildman–Crippen MR) is 65.0 cm³/mol. The molecule has 0 N–H and O–H groups in total. The fourth-order valence-electron chi connectivity index (χ4n) is 2.32. The van der Waals surface area contributed by atoms with E-state index in [2.05, 4.69) is 26.8 Å². The van der Waals surface area contributed by atoms with E-state index in [4.69, 9.17) is 9.47 Å². The molecule has 2 heteroatoms. The van der Waals surface area contributed by atoms with Crippen molar-refractivity contribution >= 4 is 0 Å². The van der Waals surface area contributed by atoms with Crippen LogP contribution in [0.15, 0.2) is 6.07 Å². The molecule has 1 aromatic carbocycles. The second-order valence-electron chi connectivity index (χ2n) is 4.88. The number of hydrogen-bond donors (Lipinski definition) is 0. The minimum Gasteiger partial charge on any atom is -0.462 e. The molecule has 0 spiro atoms. The van der Waals surface area contributed by atoms with Crippen LogP contribution in [0.5, 0.6) is 5.75 Å². The van der Waals surface area contributed by atoms with Crippen molar-refractivity contribution in [3.05, 3.63) is 28.3 Å². The Bertz CT molecular complexity index is 423. The van der Waals surface area contributed by atoms with Gasteiger partial charge in [-0.3, -0.25) is 0 Å². The van der Waals surface area contributed by atoms with Gasteiger partial charge in [0.1, 0.15) is 5.75 Å². The van der Waals surface area contributed by atoms with E-state index in [-0.39, 0.29) is 0 Å². The van der Waals surface area contributed by atoms with Crippen LogP contribution >= 0.6 is 0 Å². The standard InChI is InChI=1S/C14H20O2/c1-9-8-10(2)12-6-7-14(4,15-5)16-13(12)11(9)3/h8H,6-7H2,1-5H3. The summed E-state index contributed by atoms with van der Waals surface area (Å²) < 4.78 is 11.5. The van der Waals surface area contributed by atoms with Crippen molar-refractivity contribution in [1.29, 1.82) is 0 Å². The molecule has 1 atom stereocenters. The predicted octanol–water partition coefficient (Wildman–Crippen LogP) is 3.30. The number of aryl methyl sites for hydroxylation is 2. The smallest absolute Gasteiger partial charge is 0.207 e. The summed E-state index contributed by atoms with van der Waals surface area (Å²) in [5.41, 5.74) is 5.20. The van der Waals surface area contributed by atoms with Crippen LogP contribution in [-0.2, 0) is 11.2 Å². The lowest BCUT2D eigenvalue weighted by molar-refractivity contribution is -0.160. The third kappa shape index (κ3) is 1.71. The lowest BCUT2D eigenvalue weighted by Crippen LogP contribution is -2.38. The summed E-state index contributed by atoms with van der Waals surface area (Å²) in [7, 11) is 1.71. The number of methoxy groups -OCH3 is 1. The van der Waals surface area contributed by atoms with Gasteiger partial charge < -0.3 is 9.47 Å². The second-order valence-corrected chi connectivity index (χ2v) is 4.88. The summed E-state index contributed by atoms with van der Waals surface area (Å²) in [6, 6.07) is 2.24. The lowest BCUT2D eigenvalue weighted by atomic mass is 9.92. The monoisotopic (exact) mass is 220 g/mol. The average Bonchev–Trinajstić information content (AvgIpc) is 2.26. The first kappa shape index (κ1) is 11.5. The van der Waals surface area contributed by atoms with Gasteiger partial charge in [-0.05, 0) is 49.4 Å². The number of hydrogen-bond acceptors (Lipinski definition) is 2. The quantitative estimate of drug-likeness (QED) is 0.723. The number of fused-ring (bicyclic) bond motifs is 1. The molecule has 16 heavy (non-hydrogen) atoms. The van der Waals surface area contributed by atoms with Crippen molar-refractivity contribution in [2.75, 3.05) is 7.11 Å². The topological polar surface area (TPSA) is 18.5 Å². The van der Waals surface area contributed by atoms with E-state index in [0.717, 1.165) is 18.6 Å². The summed E-state index contributed by atoms with van der Waals surface area (Å²) in [6.07, 6.45) is 1.95. The summed E-state index contributed by atoms with van der Waals surface area (Å²) in [4.78, 5) is 0. The molecule has 0 amide bonds. The van der Waals surface area contributed by atoms with E-state index in [9.17, 15) is 0 Å². The van der Waals surface area contributed by atoms with Crippen LogP contribution in [0.4, 0.5) is 0 Å². The zero-order valence-corrected chi connectivity index (χ0v) is 10.8. The average molecular weight is 220 g/mol. The molecule has 1 aliphatic rings. The fraction of sp³-hybridized carbons (Fsp3) is 0.571. The Morgan fingerprint density at radius 3 is 2.56 bits per heavy atom. The lowest BCUT2D eigenvalue weighted by Gasteiger charge is -2.36. The minimum absolute atomic E-state index is 0.460. The van der Waals surface area contributed by atoms with Gasteiger partial charge in [-0.25, -0.2) is 0 Å². The van der Waals surface area contributed by atoms with Gasteiger partial charge in [-0.15, -0.1) is 0 Å². The van der Waals surface area contributed by atoms with Gasteiger partial charge >= 0.3 is 0 Å². The summed E-state index contributed by atoms with van der Waals surface area (Å²) >= 11 is 0. The first-order chi connectivity index (χ1) is 7.47. The minimum atomic E-state index is -0.460. The van der Waals surface area contributed by atoms with Gasteiger partial charge in [0.15, 0.2) is 0 Å². The van der Waals surface area contributed by atoms with Crippen molar-refractivity contribution in [3.8, 4) is 5.75 Å². The number of benzene rings is 1. The Kier molecular flexibility index (Phi) is 2.70. The van der Waals surface area contributed by atoms with E-state index in [1.807, 2.05) is 6.92 Å². The van der Waals surface area contributed by atoms with E-state index >= 15 is 0 Å². The molecule has 0 aromatic heterocycles. The van der Waals surface area contributed by atoms with Crippen molar-refractivity contribution in [2.24, 2.45) is 0 Å². The largest absolute Gasteiger partial charge is 0.462 e. The van der Waals surface area contributed by atoms with E-state index in [1.165, 1.54) is 22.3 Å². The van der Waals surface area contributed by atoms with Gasteiger partial charge in [-0.1, -0.05) is 6.07 Å². The zero-order chi connectivity index (χ0) is 11.9. The Labute approximate surface area is 97.6 Å². The summed E-state index contributed by atoms with van der Waals surface area (Å²) in [5.74, 6) is 0.575. The highest BCUT2D eigenvalue weighted by molar-refractivity contribution is 5.50. The van der Waals surface area contributed by atoms with Crippen LogP contribution in [0.25, 0.3) is 0 Å². The van der Waals surface area contributed by atoms with E-state index in [1.54, 1.807) is 7.11 Å². The first-order valence-corrected chi connectivity index (χ1v) is 5.81. The first-order valence-electron chi connectivity index (χ1n) is 5.81. The molecule has 0 saturated heterocycles. The highest BCUT2D eigenvalue weighted by atomic mass is 16.7. The maximum Gasteiger partial charge on any atom is 0.207 e. The van der Waals surface area contributed by atoms with Gasteiger partial charge in [0.2, 0.25) is 5.79 Å². The Morgan fingerprint density at radius 2 is 1.94 bits per heavy atom. The van der Waals surface area contributed by atoms with Crippen LogP contribution < -0.4 is 4.74 Å². The molecule has 0 radical (unpaired) electrons. The maximum absolute atomic E-state index is 6.04. The Morgan fingerprint density at radius 1 is 1.25 bits per heavy atom. The van der Waals surface area contributed by atoms with Crippen LogP contribution in [0.3, 0.4) is 0 Å². The summed E-state index contributed by atoms with van der Waals surface area (Å²) in [6.45, 7) is 8.41. The normalized spacial score (nSPS) is 23.8. The molecule has 1 heterocycles. The zero-order valence-electron chi connectivity index (χ0n) is 10.8. The molecular formula is C14H20O2. The maximum atomic E-state index is 6.04. The fourth-order valence-corrected chi connectivity index (χ4v) is 2.32. The Balaban J connectivity index is 2.52. The second kappa shape index (κ2) is 3.77. The van der Waals surface area contributed by atoms with E-state index < -0.39 is 5.79 Å². The van der Waals surface area contributed by atoms with Crippen LogP contribution in [0.2, 0.25) is 0 Å². The number of rotatable bonds is 1. The third-order valence-corrected chi connectivity index (χ3v) is 3.69. The molecule has 0 saturated carbocycles. The number of ether oxygens (including phenoxy) is 2. The van der Waals surface area contributed by atoms with E-state index in [0.29, 0.717) is 0 Å². The summed E-state index contributed by atoms with van der Waals surface area (Å²) in [5, 5.41) is 0. The van der Waals surface area contributed by atoms with Gasteiger partial charge in [0.05, 0.1) is 0 Å². The SMILES string of the molecule is COC1(C)CCc2c(C)cc(C)c(C)c2O1. The van der Waals surface area contributed by atoms with Crippen molar-refractivity contribution in [2.45, 2.75) is 46.3 Å². The molecule has 2 rings (SSSR count). The highest BCUT2D eigenvalue weighted by Crippen LogP contribution is 2.39. The van der Waals surface area contributed by atoms with Crippen LogP contribution in [0.1, 0.15) is 35.6 Å². The highest BCUT2D eigenvalue weighted by Gasteiger charge is 2.33. The molecular weight excluding hydrogens is 200 g/mol. The molecule has 88 valence electrons.